The fourth-order valence-electron chi connectivity index (χ4n) is 0.494. The Labute approximate surface area is 61.9 Å². The summed E-state index contributed by atoms with van der Waals surface area (Å²) in [7, 11) is 0. The standard InChI is InChI=1S/C8H13O2/c1-3-4-5-6-7-10-8(2)9/h5-6H,2-4,7H2,1H3/b6-5+. The SMILES string of the molecule is [CH2]C(=O)OC/C=C/CCC. The van der Waals surface area contributed by atoms with Crippen molar-refractivity contribution < 1.29 is 9.53 Å². The van der Waals surface area contributed by atoms with Gasteiger partial charge in [-0.1, -0.05) is 25.5 Å². The first-order chi connectivity index (χ1) is 4.77. The van der Waals surface area contributed by atoms with Crippen LogP contribution in [0.2, 0.25) is 0 Å². The Hall–Kier alpha value is -0.790. The summed E-state index contributed by atoms with van der Waals surface area (Å²) in [5.74, 6) is -0.471. The minimum Gasteiger partial charge on any atom is -0.461 e. The van der Waals surface area contributed by atoms with Crippen LogP contribution in [0.3, 0.4) is 0 Å². The maximum Gasteiger partial charge on any atom is 0.306 e. The molecule has 0 rings (SSSR count). The molecule has 10 heavy (non-hydrogen) atoms. The Morgan fingerprint density at radius 3 is 2.80 bits per heavy atom. The summed E-state index contributed by atoms with van der Waals surface area (Å²) in [6.45, 7) is 5.51. The van der Waals surface area contributed by atoms with Crippen LogP contribution < -0.4 is 0 Å². The van der Waals surface area contributed by atoms with Crippen molar-refractivity contribution in [2.75, 3.05) is 6.61 Å². The van der Waals surface area contributed by atoms with Crippen LogP contribution in [0, 0.1) is 6.92 Å². The molecule has 0 aromatic heterocycles. The highest BCUT2D eigenvalue weighted by Gasteiger charge is 1.85. The number of ether oxygens (including phenoxy) is 1. The fourth-order valence-corrected chi connectivity index (χ4v) is 0.494. The molecule has 0 bridgehead atoms. The molecule has 0 aliphatic rings. The number of unbranched alkanes of at least 4 members (excludes halogenated alkanes) is 1. The van der Waals surface area contributed by atoms with E-state index in [9.17, 15) is 4.79 Å². The Morgan fingerprint density at radius 2 is 2.30 bits per heavy atom. The first-order valence-electron chi connectivity index (χ1n) is 3.41. The average molecular weight is 141 g/mol. The second kappa shape index (κ2) is 6.33. The number of rotatable bonds is 4. The van der Waals surface area contributed by atoms with E-state index in [1.807, 2.05) is 12.2 Å². The maximum atomic E-state index is 10.1. The first kappa shape index (κ1) is 9.21. The van der Waals surface area contributed by atoms with Gasteiger partial charge in [0, 0.05) is 0 Å². The molecule has 0 N–H and O–H groups in total. The van der Waals surface area contributed by atoms with E-state index in [4.69, 9.17) is 0 Å². The molecule has 0 saturated heterocycles. The van der Waals surface area contributed by atoms with E-state index in [-0.39, 0.29) is 0 Å². The molecule has 1 radical (unpaired) electrons. The predicted molar refractivity (Wildman–Crippen MR) is 40.4 cm³/mol. The maximum absolute atomic E-state index is 10.1. The van der Waals surface area contributed by atoms with Crippen molar-refractivity contribution in [3.63, 3.8) is 0 Å². The molecule has 0 aromatic rings. The second-order valence-electron chi connectivity index (χ2n) is 1.94. The molecule has 0 spiro atoms. The Balaban J connectivity index is 3.10. The van der Waals surface area contributed by atoms with Crippen molar-refractivity contribution in [3.05, 3.63) is 19.1 Å². The van der Waals surface area contributed by atoms with Crippen LogP contribution in [0.5, 0.6) is 0 Å². The van der Waals surface area contributed by atoms with E-state index >= 15 is 0 Å². The number of esters is 1. The molecule has 0 aliphatic carbocycles. The van der Waals surface area contributed by atoms with Crippen molar-refractivity contribution in [3.8, 4) is 0 Å². The number of carbonyl (C=O) groups excluding carboxylic acids is 1. The van der Waals surface area contributed by atoms with Gasteiger partial charge in [0.05, 0.1) is 6.92 Å². The van der Waals surface area contributed by atoms with E-state index in [2.05, 4.69) is 18.6 Å². The third kappa shape index (κ3) is 7.21. The van der Waals surface area contributed by atoms with Crippen molar-refractivity contribution in [2.45, 2.75) is 19.8 Å². The third-order valence-electron chi connectivity index (χ3n) is 0.963. The van der Waals surface area contributed by atoms with E-state index in [1.165, 1.54) is 0 Å². The van der Waals surface area contributed by atoms with Crippen molar-refractivity contribution in [1.82, 2.24) is 0 Å². The van der Waals surface area contributed by atoms with E-state index in [0.29, 0.717) is 6.61 Å². The van der Waals surface area contributed by atoms with Gasteiger partial charge < -0.3 is 4.74 Å². The largest absolute Gasteiger partial charge is 0.461 e. The molecule has 0 heterocycles. The molecule has 0 unspecified atom stereocenters. The zero-order valence-electron chi connectivity index (χ0n) is 6.30. The normalized spacial score (nSPS) is 10.2. The first-order valence-corrected chi connectivity index (χ1v) is 3.41. The van der Waals surface area contributed by atoms with Gasteiger partial charge in [0.25, 0.3) is 0 Å². The summed E-state index contributed by atoms with van der Waals surface area (Å²) in [5, 5.41) is 0. The summed E-state index contributed by atoms with van der Waals surface area (Å²) in [4.78, 5) is 10.1. The van der Waals surface area contributed by atoms with Crippen LogP contribution >= 0.6 is 0 Å². The molecule has 0 atom stereocenters. The van der Waals surface area contributed by atoms with Gasteiger partial charge in [-0.15, -0.1) is 0 Å². The van der Waals surface area contributed by atoms with Gasteiger partial charge in [-0.05, 0) is 6.42 Å². The van der Waals surface area contributed by atoms with Crippen molar-refractivity contribution in [1.29, 1.82) is 0 Å². The lowest BCUT2D eigenvalue weighted by Crippen LogP contribution is -1.97. The zero-order chi connectivity index (χ0) is 7.82. The number of allylic oxidation sites excluding steroid dienone is 1. The lowest BCUT2D eigenvalue weighted by molar-refractivity contribution is -0.136. The summed E-state index contributed by atoms with van der Waals surface area (Å²) in [5.41, 5.74) is 0. The highest BCUT2D eigenvalue weighted by atomic mass is 16.5. The lowest BCUT2D eigenvalue weighted by Gasteiger charge is -1.93. The van der Waals surface area contributed by atoms with Crippen molar-refractivity contribution in [2.24, 2.45) is 0 Å². The van der Waals surface area contributed by atoms with Gasteiger partial charge in [-0.2, -0.15) is 0 Å². The van der Waals surface area contributed by atoms with E-state index < -0.39 is 5.97 Å². The number of carbonyl (C=O) groups is 1. The van der Waals surface area contributed by atoms with Crippen LogP contribution in [-0.4, -0.2) is 12.6 Å². The quantitative estimate of drug-likeness (QED) is 0.440. The van der Waals surface area contributed by atoms with Crippen LogP contribution in [-0.2, 0) is 9.53 Å². The van der Waals surface area contributed by atoms with Gasteiger partial charge in [0.1, 0.15) is 6.61 Å². The molecule has 0 amide bonds. The molecule has 0 fully saturated rings. The number of hydrogen-bond acceptors (Lipinski definition) is 2. The highest BCUT2D eigenvalue weighted by Crippen LogP contribution is 1.88. The minimum absolute atomic E-state index is 0.350. The van der Waals surface area contributed by atoms with Gasteiger partial charge in [-0.3, -0.25) is 4.79 Å². The topological polar surface area (TPSA) is 26.3 Å². The van der Waals surface area contributed by atoms with E-state index in [1.54, 1.807) is 0 Å². The van der Waals surface area contributed by atoms with Gasteiger partial charge in [0.2, 0.25) is 0 Å². The molecular formula is C8H13O2. The van der Waals surface area contributed by atoms with Crippen LogP contribution in [0.15, 0.2) is 12.2 Å². The second-order valence-corrected chi connectivity index (χ2v) is 1.94. The average Bonchev–Trinajstić information content (AvgIpc) is 1.87. The van der Waals surface area contributed by atoms with Crippen molar-refractivity contribution >= 4 is 5.97 Å². The molecule has 2 heteroatoms. The summed E-state index contributed by atoms with van der Waals surface area (Å²) < 4.78 is 4.55. The molecule has 57 valence electrons. The van der Waals surface area contributed by atoms with Gasteiger partial charge >= 0.3 is 5.97 Å². The van der Waals surface area contributed by atoms with Gasteiger partial charge in [0.15, 0.2) is 0 Å². The van der Waals surface area contributed by atoms with E-state index in [0.717, 1.165) is 12.8 Å². The molecule has 0 saturated carbocycles. The highest BCUT2D eigenvalue weighted by molar-refractivity contribution is 5.73. The fraction of sp³-hybridized carbons (Fsp3) is 0.500. The van der Waals surface area contributed by atoms with Gasteiger partial charge in [-0.25, -0.2) is 0 Å². The smallest absolute Gasteiger partial charge is 0.306 e. The Kier molecular flexibility index (Phi) is 5.83. The van der Waals surface area contributed by atoms with Crippen LogP contribution in [0.25, 0.3) is 0 Å². The summed E-state index contributed by atoms with van der Waals surface area (Å²) in [6.07, 6.45) is 5.97. The zero-order valence-corrected chi connectivity index (χ0v) is 6.30. The number of hydrogen-bond donors (Lipinski definition) is 0. The lowest BCUT2D eigenvalue weighted by atomic mass is 10.3. The van der Waals surface area contributed by atoms with Crippen LogP contribution in [0.1, 0.15) is 19.8 Å². The minimum atomic E-state index is -0.471. The molecular weight excluding hydrogens is 128 g/mol. The predicted octanol–water partition coefficient (Wildman–Crippen LogP) is 1.72. The molecule has 0 aromatic carbocycles. The Morgan fingerprint density at radius 1 is 1.60 bits per heavy atom. The summed E-state index contributed by atoms with van der Waals surface area (Å²) >= 11 is 0. The monoisotopic (exact) mass is 141 g/mol. The Bertz CT molecular complexity index is 116. The molecule has 0 aliphatic heterocycles. The third-order valence-corrected chi connectivity index (χ3v) is 0.963. The van der Waals surface area contributed by atoms with Crippen LogP contribution in [0.4, 0.5) is 0 Å². The summed E-state index contributed by atoms with van der Waals surface area (Å²) in [6, 6.07) is 0. The molecule has 2 nitrogen and oxygen atoms in total.